The summed E-state index contributed by atoms with van der Waals surface area (Å²) < 4.78 is 0. The van der Waals surface area contributed by atoms with E-state index in [2.05, 4.69) is 55.3 Å². The molecule has 1 atom stereocenters. The summed E-state index contributed by atoms with van der Waals surface area (Å²) in [4.78, 5) is 2.48. The van der Waals surface area contributed by atoms with Crippen LogP contribution in [0.15, 0.2) is 24.3 Å². The SMILES string of the molecule is CCC(Nc1ccc(N2CCCC2)cc1)C(C)C. The van der Waals surface area contributed by atoms with Gasteiger partial charge in [-0.1, -0.05) is 20.8 Å². The third kappa shape index (κ3) is 3.18. The van der Waals surface area contributed by atoms with E-state index in [-0.39, 0.29) is 0 Å². The molecule has 1 unspecified atom stereocenters. The zero-order chi connectivity index (χ0) is 13.0. The molecule has 0 aliphatic carbocycles. The maximum absolute atomic E-state index is 3.63. The Morgan fingerprint density at radius 2 is 1.72 bits per heavy atom. The molecule has 0 radical (unpaired) electrons. The van der Waals surface area contributed by atoms with Crippen molar-refractivity contribution in [2.24, 2.45) is 5.92 Å². The molecule has 1 aromatic carbocycles. The highest BCUT2D eigenvalue weighted by molar-refractivity contribution is 5.55. The molecule has 1 aliphatic rings. The van der Waals surface area contributed by atoms with Crippen molar-refractivity contribution < 1.29 is 0 Å². The van der Waals surface area contributed by atoms with Crippen molar-refractivity contribution in [3.8, 4) is 0 Å². The van der Waals surface area contributed by atoms with Crippen LogP contribution in [0.1, 0.15) is 40.0 Å². The van der Waals surface area contributed by atoms with Crippen molar-refractivity contribution in [3.63, 3.8) is 0 Å². The molecule has 0 saturated carbocycles. The quantitative estimate of drug-likeness (QED) is 0.840. The Hall–Kier alpha value is -1.18. The lowest BCUT2D eigenvalue weighted by Crippen LogP contribution is -2.24. The fraction of sp³-hybridized carbons (Fsp3) is 0.625. The topological polar surface area (TPSA) is 15.3 Å². The molecular formula is C16H26N2. The van der Waals surface area contributed by atoms with E-state index in [9.17, 15) is 0 Å². The maximum Gasteiger partial charge on any atom is 0.0367 e. The third-order valence-corrected chi connectivity index (χ3v) is 3.94. The van der Waals surface area contributed by atoms with Gasteiger partial charge >= 0.3 is 0 Å². The molecule has 2 nitrogen and oxygen atoms in total. The van der Waals surface area contributed by atoms with E-state index in [4.69, 9.17) is 0 Å². The fourth-order valence-corrected chi connectivity index (χ4v) is 2.70. The fourth-order valence-electron chi connectivity index (χ4n) is 2.70. The monoisotopic (exact) mass is 246 g/mol. The van der Waals surface area contributed by atoms with Gasteiger partial charge in [-0.05, 0) is 49.4 Å². The van der Waals surface area contributed by atoms with Gasteiger partial charge in [0.05, 0.1) is 0 Å². The third-order valence-electron chi connectivity index (χ3n) is 3.94. The van der Waals surface area contributed by atoms with Crippen molar-refractivity contribution in [1.82, 2.24) is 0 Å². The highest BCUT2D eigenvalue weighted by atomic mass is 15.1. The van der Waals surface area contributed by atoms with Crippen LogP contribution in [0.5, 0.6) is 0 Å². The normalized spacial score (nSPS) is 17.2. The summed E-state index contributed by atoms with van der Waals surface area (Å²) in [6.45, 7) is 9.24. The number of anilines is 2. The molecule has 18 heavy (non-hydrogen) atoms. The molecule has 1 N–H and O–H groups in total. The van der Waals surface area contributed by atoms with Gasteiger partial charge in [0.25, 0.3) is 0 Å². The Kier molecular flexibility index (Phi) is 4.51. The van der Waals surface area contributed by atoms with E-state index in [1.165, 1.54) is 43.7 Å². The summed E-state index contributed by atoms with van der Waals surface area (Å²) in [5, 5.41) is 3.63. The number of rotatable bonds is 5. The van der Waals surface area contributed by atoms with Crippen LogP contribution in [0.3, 0.4) is 0 Å². The Morgan fingerprint density at radius 3 is 2.22 bits per heavy atom. The van der Waals surface area contributed by atoms with Gasteiger partial charge in [0.2, 0.25) is 0 Å². The van der Waals surface area contributed by atoms with Crippen LogP contribution >= 0.6 is 0 Å². The molecule has 0 bridgehead atoms. The van der Waals surface area contributed by atoms with Crippen LogP contribution in [0.4, 0.5) is 11.4 Å². The van der Waals surface area contributed by atoms with Crippen LogP contribution < -0.4 is 10.2 Å². The maximum atomic E-state index is 3.63. The molecule has 1 fully saturated rings. The van der Waals surface area contributed by atoms with E-state index in [0.29, 0.717) is 12.0 Å². The molecule has 2 rings (SSSR count). The molecule has 1 aromatic rings. The van der Waals surface area contributed by atoms with Gasteiger partial charge in [-0.3, -0.25) is 0 Å². The van der Waals surface area contributed by atoms with E-state index >= 15 is 0 Å². The molecule has 0 aromatic heterocycles. The summed E-state index contributed by atoms with van der Waals surface area (Å²) in [5.41, 5.74) is 2.62. The van der Waals surface area contributed by atoms with Gasteiger partial charge in [-0.15, -0.1) is 0 Å². The average Bonchev–Trinajstić information content (AvgIpc) is 2.90. The van der Waals surface area contributed by atoms with Gasteiger partial charge < -0.3 is 10.2 Å². The van der Waals surface area contributed by atoms with Gasteiger partial charge in [0, 0.05) is 30.5 Å². The number of nitrogens with one attached hydrogen (secondary N) is 1. The van der Waals surface area contributed by atoms with Crippen LogP contribution in [0.2, 0.25) is 0 Å². The van der Waals surface area contributed by atoms with E-state index in [1.54, 1.807) is 0 Å². The van der Waals surface area contributed by atoms with Gasteiger partial charge in [-0.25, -0.2) is 0 Å². The smallest absolute Gasteiger partial charge is 0.0367 e. The number of hydrogen-bond acceptors (Lipinski definition) is 2. The van der Waals surface area contributed by atoms with Gasteiger partial charge in [0.1, 0.15) is 0 Å². The zero-order valence-corrected chi connectivity index (χ0v) is 11.9. The summed E-state index contributed by atoms with van der Waals surface area (Å²) >= 11 is 0. The predicted molar refractivity (Wildman–Crippen MR) is 80.4 cm³/mol. The van der Waals surface area contributed by atoms with Crippen molar-refractivity contribution in [2.45, 2.75) is 46.1 Å². The summed E-state index contributed by atoms with van der Waals surface area (Å²) in [6, 6.07) is 9.52. The summed E-state index contributed by atoms with van der Waals surface area (Å²) in [7, 11) is 0. The number of hydrogen-bond donors (Lipinski definition) is 1. The zero-order valence-electron chi connectivity index (χ0n) is 11.9. The number of nitrogens with zero attached hydrogens (tertiary/aromatic N) is 1. The molecule has 0 spiro atoms. The first-order valence-corrected chi connectivity index (χ1v) is 7.32. The first-order chi connectivity index (χ1) is 8.70. The second-order valence-electron chi connectivity index (χ2n) is 5.64. The van der Waals surface area contributed by atoms with E-state index in [1.807, 2.05) is 0 Å². The summed E-state index contributed by atoms with van der Waals surface area (Å²) in [5.74, 6) is 0.674. The lowest BCUT2D eigenvalue weighted by atomic mass is 10.0. The minimum absolute atomic E-state index is 0.572. The van der Waals surface area contributed by atoms with Crippen LogP contribution in [-0.4, -0.2) is 19.1 Å². The lowest BCUT2D eigenvalue weighted by Gasteiger charge is -2.23. The minimum Gasteiger partial charge on any atom is -0.382 e. The Balaban J connectivity index is 1.98. The standard InChI is InChI=1S/C16H26N2/c1-4-16(13(2)3)17-14-7-9-15(10-8-14)18-11-5-6-12-18/h7-10,13,16-17H,4-6,11-12H2,1-3H3. The predicted octanol–water partition coefficient (Wildman–Crippen LogP) is 4.13. The minimum atomic E-state index is 0.572. The number of benzene rings is 1. The van der Waals surface area contributed by atoms with E-state index in [0.717, 1.165) is 0 Å². The molecule has 1 aliphatic heterocycles. The van der Waals surface area contributed by atoms with Crippen LogP contribution in [0, 0.1) is 5.92 Å². The molecule has 100 valence electrons. The Labute approximate surface area is 111 Å². The highest BCUT2D eigenvalue weighted by Gasteiger charge is 2.13. The first-order valence-electron chi connectivity index (χ1n) is 7.32. The second-order valence-corrected chi connectivity index (χ2v) is 5.64. The molecule has 0 amide bonds. The Morgan fingerprint density at radius 1 is 1.11 bits per heavy atom. The molecule has 1 heterocycles. The highest BCUT2D eigenvalue weighted by Crippen LogP contribution is 2.23. The average molecular weight is 246 g/mol. The van der Waals surface area contributed by atoms with Crippen LogP contribution in [-0.2, 0) is 0 Å². The Bertz CT molecular complexity index is 350. The van der Waals surface area contributed by atoms with Gasteiger partial charge in [0.15, 0.2) is 0 Å². The molecular weight excluding hydrogens is 220 g/mol. The molecule has 1 saturated heterocycles. The van der Waals surface area contributed by atoms with Crippen LogP contribution in [0.25, 0.3) is 0 Å². The van der Waals surface area contributed by atoms with Crippen molar-refractivity contribution in [3.05, 3.63) is 24.3 Å². The summed E-state index contributed by atoms with van der Waals surface area (Å²) in [6.07, 6.45) is 3.85. The lowest BCUT2D eigenvalue weighted by molar-refractivity contribution is 0.511. The van der Waals surface area contributed by atoms with Gasteiger partial charge in [-0.2, -0.15) is 0 Å². The first kappa shape index (κ1) is 13.3. The van der Waals surface area contributed by atoms with E-state index < -0.39 is 0 Å². The molecule has 2 heteroatoms. The van der Waals surface area contributed by atoms with Crippen molar-refractivity contribution in [1.29, 1.82) is 0 Å². The van der Waals surface area contributed by atoms with Crippen molar-refractivity contribution >= 4 is 11.4 Å². The largest absolute Gasteiger partial charge is 0.382 e. The van der Waals surface area contributed by atoms with Crippen molar-refractivity contribution in [2.75, 3.05) is 23.3 Å². The second kappa shape index (κ2) is 6.12.